The van der Waals surface area contributed by atoms with Crippen LogP contribution in [-0.2, 0) is 14.6 Å². The minimum Gasteiger partial charge on any atom is -0.299 e. The fourth-order valence-corrected chi connectivity index (χ4v) is 2.93. The number of Topliss-reactive ketones (excluding diaryl/α,β-unsaturated/α-hetero) is 2. The lowest BCUT2D eigenvalue weighted by atomic mass is 10.0. The SMILES string of the molecule is CC(=O)C(C)S(=O)(=O)c1ccc(C(=O)C(C)C)cc1. The normalized spacial score (nSPS) is 13.3. The van der Waals surface area contributed by atoms with Gasteiger partial charge in [0.15, 0.2) is 15.6 Å². The summed E-state index contributed by atoms with van der Waals surface area (Å²) in [6.07, 6.45) is 0. The zero-order valence-electron chi connectivity index (χ0n) is 11.5. The van der Waals surface area contributed by atoms with Gasteiger partial charge in [0.05, 0.1) is 4.90 Å². The van der Waals surface area contributed by atoms with Crippen LogP contribution >= 0.6 is 0 Å². The Kier molecular flexibility index (Phi) is 4.63. The Labute approximate surface area is 113 Å². The molecule has 0 fully saturated rings. The zero-order valence-corrected chi connectivity index (χ0v) is 12.3. The molecule has 0 aliphatic carbocycles. The highest BCUT2D eigenvalue weighted by Crippen LogP contribution is 2.18. The van der Waals surface area contributed by atoms with Crippen molar-refractivity contribution in [2.45, 2.75) is 37.8 Å². The van der Waals surface area contributed by atoms with Crippen molar-refractivity contribution in [1.29, 1.82) is 0 Å². The van der Waals surface area contributed by atoms with Crippen molar-refractivity contribution in [3.8, 4) is 0 Å². The van der Waals surface area contributed by atoms with Crippen molar-refractivity contribution < 1.29 is 18.0 Å². The largest absolute Gasteiger partial charge is 0.299 e. The van der Waals surface area contributed by atoms with Crippen LogP contribution in [0.3, 0.4) is 0 Å². The molecule has 4 nitrogen and oxygen atoms in total. The Hall–Kier alpha value is -1.49. The first-order chi connectivity index (χ1) is 8.67. The number of benzene rings is 1. The Balaban J connectivity index is 3.13. The number of sulfone groups is 1. The predicted octanol–water partition coefficient (Wildman–Crippen LogP) is 2.28. The minimum absolute atomic E-state index is 0.0384. The Morgan fingerprint density at radius 3 is 1.84 bits per heavy atom. The highest BCUT2D eigenvalue weighted by atomic mass is 32.2. The van der Waals surface area contributed by atoms with Crippen LogP contribution < -0.4 is 0 Å². The molecule has 0 bridgehead atoms. The molecule has 0 saturated carbocycles. The fraction of sp³-hybridized carbons (Fsp3) is 0.429. The third kappa shape index (κ3) is 3.29. The van der Waals surface area contributed by atoms with Gasteiger partial charge in [0, 0.05) is 11.5 Å². The number of carbonyl (C=O) groups is 2. The molecule has 0 aromatic heterocycles. The van der Waals surface area contributed by atoms with Gasteiger partial charge in [-0.15, -0.1) is 0 Å². The average Bonchev–Trinajstić information content (AvgIpc) is 2.36. The standard InChI is InChI=1S/C14H18O4S/c1-9(2)14(16)12-5-7-13(8-6-12)19(17,18)11(4)10(3)15/h5-9,11H,1-4H3. The summed E-state index contributed by atoms with van der Waals surface area (Å²) in [5.74, 6) is -0.579. The summed E-state index contributed by atoms with van der Waals surface area (Å²) in [5.41, 5.74) is 0.476. The Morgan fingerprint density at radius 1 is 1.00 bits per heavy atom. The third-order valence-electron chi connectivity index (χ3n) is 3.03. The summed E-state index contributed by atoms with van der Waals surface area (Å²) < 4.78 is 24.2. The maximum atomic E-state index is 12.1. The van der Waals surface area contributed by atoms with Crippen molar-refractivity contribution in [3.63, 3.8) is 0 Å². The van der Waals surface area contributed by atoms with Gasteiger partial charge in [-0.25, -0.2) is 8.42 Å². The molecule has 0 spiro atoms. The van der Waals surface area contributed by atoms with E-state index in [9.17, 15) is 18.0 Å². The van der Waals surface area contributed by atoms with E-state index < -0.39 is 20.9 Å². The lowest BCUT2D eigenvalue weighted by Crippen LogP contribution is -2.25. The molecule has 0 heterocycles. The third-order valence-corrected chi connectivity index (χ3v) is 5.22. The van der Waals surface area contributed by atoms with Gasteiger partial charge in [0.1, 0.15) is 11.0 Å². The van der Waals surface area contributed by atoms with Crippen molar-refractivity contribution in [2.24, 2.45) is 5.92 Å². The van der Waals surface area contributed by atoms with Crippen molar-refractivity contribution in [1.82, 2.24) is 0 Å². The van der Waals surface area contributed by atoms with E-state index in [-0.39, 0.29) is 16.6 Å². The quantitative estimate of drug-likeness (QED) is 0.777. The smallest absolute Gasteiger partial charge is 0.188 e. The van der Waals surface area contributed by atoms with Crippen LogP contribution in [0.1, 0.15) is 38.1 Å². The maximum Gasteiger partial charge on any atom is 0.188 e. The van der Waals surface area contributed by atoms with Crippen LogP contribution in [-0.4, -0.2) is 25.2 Å². The fourth-order valence-electron chi connectivity index (χ4n) is 1.56. The van der Waals surface area contributed by atoms with E-state index in [0.717, 1.165) is 0 Å². The van der Waals surface area contributed by atoms with Crippen LogP contribution in [0, 0.1) is 5.92 Å². The molecule has 1 aromatic carbocycles. The molecule has 1 rings (SSSR count). The molecule has 1 aromatic rings. The molecule has 0 aliphatic heterocycles. The molecule has 19 heavy (non-hydrogen) atoms. The van der Waals surface area contributed by atoms with E-state index in [4.69, 9.17) is 0 Å². The molecule has 0 saturated heterocycles. The van der Waals surface area contributed by atoms with E-state index in [1.54, 1.807) is 13.8 Å². The molecule has 104 valence electrons. The van der Waals surface area contributed by atoms with E-state index in [2.05, 4.69) is 0 Å². The van der Waals surface area contributed by atoms with Crippen molar-refractivity contribution in [3.05, 3.63) is 29.8 Å². The van der Waals surface area contributed by atoms with Gasteiger partial charge in [-0.05, 0) is 26.0 Å². The van der Waals surface area contributed by atoms with Crippen molar-refractivity contribution >= 4 is 21.4 Å². The summed E-state index contributed by atoms with van der Waals surface area (Å²) in [5, 5.41) is -1.07. The topological polar surface area (TPSA) is 68.3 Å². The van der Waals surface area contributed by atoms with Gasteiger partial charge in [0.2, 0.25) is 0 Å². The number of carbonyl (C=O) groups excluding carboxylic acids is 2. The molecular formula is C14H18O4S. The van der Waals surface area contributed by atoms with Crippen molar-refractivity contribution in [2.75, 3.05) is 0 Å². The Morgan fingerprint density at radius 2 is 1.47 bits per heavy atom. The molecule has 5 heteroatoms. The van der Waals surface area contributed by atoms with E-state index in [0.29, 0.717) is 5.56 Å². The lowest BCUT2D eigenvalue weighted by molar-refractivity contribution is -0.116. The summed E-state index contributed by atoms with van der Waals surface area (Å²) >= 11 is 0. The summed E-state index contributed by atoms with van der Waals surface area (Å²) in [7, 11) is -3.66. The summed E-state index contributed by atoms with van der Waals surface area (Å²) in [4.78, 5) is 23.0. The second-order valence-corrected chi connectivity index (χ2v) is 7.11. The van der Waals surface area contributed by atoms with Crippen LogP contribution in [0.4, 0.5) is 0 Å². The van der Waals surface area contributed by atoms with Gasteiger partial charge in [-0.2, -0.15) is 0 Å². The van der Waals surface area contributed by atoms with Gasteiger partial charge >= 0.3 is 0 Å². The molecular weight excluding hydrogens is 264 g/mol. The molecule has 0 amide bonds. The number of hydrogen-bond donors (Lipinski definition) is 0. The monoisotopic (exact) mass is 282 g/mol. The molecule has 1 atom stereocenters. The minimum atomic E-state index is -3.66. The first-order valence-corrected chi connectivity index (χ1v) is 7.61. The number of rotatable bonds is 5. The number of hydrogen-bond acceptors (Lipinski definition) is 4. The van der Waals surface area contributed by atoms with Gasteiger partial charge in [0.25, 0.3) is 0 Å². The van der Waals surface area contributed by atoms with E-state index >= 15 is 0 Å². The molecule has 0 N–H and O–H groups in total. The van der Waals surface area contributed by atoms with Crippen LogP contribution in [0.25, 0.3) is 0 Å². The first kappa shape index (κ1) is 15.6. The molecule has 0 radical (unpaired) electrons. The summed E-state index contributed by atoms with van der Waals surface area (Å²) in [6, 6.07) is 5.74. The summed E-state index contributed by atoms with van der Waals surface area (Å²) in [6.45, 7) is 6.18. The van der Waals surface area contributed by atoms with Crippen LogP contribution in [0.15, 0.2) is 29.2 Å². The average molecular weight is 282 g/mol. The van der Waals surface area contributed by atoms with E-state index in [1.807, 2.05) is 0 Å². The lowest BCUT2D eigenvalue weighted by Gasteiger charge is -2.10. The second kappa shape index (κ2) is 5.65. The zero-order chi connectivity index (χ0) is 14.8. The predicted molar refractivity (Wildman–Crippen MR) is 72.9 cm³/mol. The highest BCUT2D eigenvalue weighted by Gasteiger charge is 2.27. The first-order valence-electron chi connectivity index (χ1n) is 6.06. The van der Waals surface area contributed by atoms with Gasteiger partial charge < -0.3 is 0 Å². The van der Waals surface area contributed by atoms with E-state index in [1.165, 1.54) is 38.1 Å². The van der Waals surface area contributed by atoms with Crippen LogP contribution in [0.5, 0.6) is 0 Å². The number of ketones is 2. The maximum absolute atomic E-state index is 12.1. The highest BCUT2D eigenvalue weighted by molar-refractivity contribution is 7.92. The van der Waals surface area contributed by atoms with Crippen LogP contribution in [0.2, 0.25) is 0 Å². The van der Waals surface area contributed by atoms with Gasteiger partial charge in [-0.3, -0.25) is 9.59 Å². The second-order valence-electron chi connectivity index (χ2n) is 4.84. The molecule has 0 aliphatic rings. The van der Waals surface area contributed by atoms with Gasteiger partial charge in [-0.1, -0.05) is 26.0 Å². The molecule has 1 unspecified atom stereocenters. The Bertz CT molecular complexity index is 582.